The monoisotopic (exact) mass is 156 g/mol. The Labute approximate surface area is 67.5 Å². The summed E-state index contributed by atoms with van der Waals surface area (Å²) in [5.74, 6) is 0.657. The highest BCUT2D eigenvalue weighted by Gasteiger charge is 2.39. The van der Waals surface area contributed by atoms with Crippen molar-refractivity contribution in [1.29, 1.82) is 0 Å². The van der Waals surface area contributed by atoms with Crippen molar-refractivity contribution in [2.24, 2.45) is 5.92 Å². The highest BCUT2D eigenvalue weighted by atomic mass is 16.5. The lowest BCUT2D eigenvalue weighted by Gasteiger charge is -2.29. The van der Waals surface area contributed by atoms with Crippen molar-refractivity contribution in [3.05, 3.63) is 0 Å². The van der Waals surface area contributed by atoms with Crippen LogP contribution >= 0.6 is 0 Å². The summed E-state index contributed by atoms with van der Waals surface area (Å²) < 4.78 is 5.67. The minimum atomic E-state index is -0.0382. The zero-order chi connectivity index (χ0) is 7.73. The fraction of sp³-hybridized carbons (Fsp3) is 1.00. The number of rotatable bonds is 1. The molecule has 3 nitrogen and oxygen atoms in total. The average molecular weight is 156 g/mol. The molecule has 0 radical (unpaired) electrons. The Bertz CT molecular complexity index is 137. The lowest BCUT2D eigenvalue weighted by Crippen LogP contribution is -2.46. The van der Waals surface area contributed by atoms with Crippen molar-refractivity contribution in [3.8, 4) is 0 Å². The smallest absolute Gasteiger partial charge is 0.120 e. The summed E-state index contributed by atoms with van der Waals surface area (Å²) in [5, 5.41) is 6.77. The predicted molar refractivity (Wildman–Crippen MR) is 43.3 cm³/mol. The molecule has 0 aromatic rings. The number of nitrogens with one attached hydrogen (secondary N) is 2. The van der Waals surface area contributed by atoms with Crippen molar-refractivity contribution in [1.82, 2.24) is 10.6 Å². The van der Waals surface area contributed by atoms with E-state index in [1.807, 2.05) is 0 Å². The Morgan fingerprint density at radius 1 is 1.45 bits per heavy atom. The zero-order valence-electron chi connectivity index (χ0n) is 7.02. The van der Waals surface area contributed by atoms with E-state index >= 15 is 0 Å². The van der Waals surface area contributed by atoms with E-state index in [-0.39, 0.29) is 5.72 Å². The lowest BCUT2D eigenvalue weighted by molar-refractivity contribution is -0.0365. The van der Waals surface area contributed by atoms with Gasteiger partial charge in [-0.2, -0.15) is 0 Å². The lowest BCUT2D eigenvalue weighted by atomic mass is 9.97. The van der Waals surface area contributed by atoms with Crippen molar-refractivity contribution in [2.45, 2.75) is 19.1 Å². The van der Waals surface area contributed by atoms with Crippen molar-refractivity contribution in [3.63, 3.8) is 0 Å². The third-order valence-corrected chi connectivity index (χ3v) is 2.82. The third-order valence-electron chi connectivity index (χ3n) is 2.82. The second-order valence-corrected chi connectivity index (χ2v) is 3.57. The van der Waals surface area contributed by atoms with E-state index < -0.39 is 0 Å². The molecule has 0 spiro atoms. The SMILES string of the molecule is CC1(C2CCNC2)NCCO1. The zero-order valence-corrected chi connectivity index (χ0v) is 7.02. The molecule has 2 rings (SSSR count). The molecule has 0 saturated carbocycles. The Balaban J connectivity index is 2.00. The van der Waals surface area contributed by atoms with E-state index in [1.54, 1.807) is 0 Å². The average Bonchev–Trinajstić information content (AvgIpc) is 2.55. The molecule has 2 fully saturated rings. The molecule has 0 aromatic heterocycles. The Morgan fingerprint density at radius 3 is 2.91 bits per heavy atom. The summed E-state index contributed by atoms with van der Waals surface area (Å²) in [5.41, 5.74) is -0.0382. The fourth-order valence-electron chi connectivity index (χ4n) is 2.00. The van der Waals surface area contributed by atoms with Crippen LogP contribution < -0.4 is 10.6 Å². The molecule has 2 N–H and O–H groups in total. The molecule has 2 unspecified atom stereocenters. The summed E-state index contributed by atoms with van der Waals surface area (Å²) in [6.07, 6.45) is 1.24. The molecule has 0 aliphatic carbocycles. The molecule has 2 saturated heterocycles. The molecule has 2 heterocycles. The maximum absolute atomic E-state index is 5.67. The molecule has 2 atom stereocenters. The quantitative estimate of drug-likeness (QED) is 0.557. The van der Waals surface area contributed by atoms with Crippen LogP contribution in [0, 0.1) is 5.92 Å². The van der Waals surface area contributed by atoms with Gasteiger partial charge in [-0.1, -0.05) is 0 Å². The Hall–Kier alpha value is -0.120. The van der Waals surface area contributed by atoms with Crippen LogP contribution in [0.4, 0.5) is 0 Å². The van der Waals surface area contributed by atoms with Crippen molar-refractivity contribution < 1.29 is 4.74 Å². The van der Waals surface area contributed by atoms with Gasteiger partial charge in [0.25, 0.3) is 0 Å². The summed E-state index contributed by atoms with van der Waals surface area (Å²) in [6.45, 7) is 6.28. The van der Waals surface area contributed by atoms with Gasteiger partial charge in [0.1, 0.15) is 5.72 Å². The Kier molecular flexibility index (Phi) is 1.87. The van der Waals surface area contributed by atoms with E-state index in [9.17, 15) is 0 Å². The molecule has 0 amide bonds. The maximum Gasteiger partial charge on any atom is 0.120 e. The summed E-state index contributed by atoms with van der Waals surface area (Å²) in [6, 6.07) is 0. The second-order valence-electron chi connectivity index (χ2n) is 3.57. The van der Waals surface area contributed by atoms with Gasteiger partial charge in [-0.15, -0.1) is 0 Å². The minimum absolute atomic E-state index is 0.0382. The van der Waals surface area contributed by atoms with Gasteiger partial charge in [-0.3, -0.25) is 5.32 Å². The fourth-order valence-corrected chi connectivity index (χ4v) is 2.00. The summed E-state index contributed by atoms with van der Waals surface area (Å²) >= 11 is 0. The first-order chi connectivity index (χ1) is 5.31. The van der Waals surface area contributed by atoms with Crippen LogP contribution in [0.2, 0.25) is 0 Å². The molecule has 2 aliphatic heterocycles. The molecule has 11 heavy (non-hydrogen) atoms. The molecule has 0 aromatic carbocycles. The van der Waals surface area contributed by atoms with Gasteiger partial charge < -0.3 is 10.1 Å². The van der Waals surface area contributed by atoms with Crippen molar-refractivity contribution >= 4 is 0 Å². The molecular formula is C8H16N2O. The topological polar surface area (TPSA) is 33.3 Å². The van der Waals surface area contributed by atoms with E-state index in [0.717, 1.165) is 26.2 Å². The first-order valence-electron chi connectivity index (χ1n) is 4.41. The van der Waals surface area contributed by atoms with Crippen LogP contribution in [0.3, 0.4) is 0 Å². The van der Waals surface area contributed by atoms with Gasteiger partial charge in [0, 0.05) is 19.0 Å². The van der Waals surface area contributed by atoms with Gasteiger partial charge in [-0.25, -0.2) is 0 Å². The second kappa shape index (κ2) is 2.73. The largest absolute Gasteiger partial charge is 0.359 e. The van der Waals surface area contributed by atoms with Gasteiger partial charge in [-0.05, 0) is 19.9 Å². The number of hydrogen-bond donors (Lipinski definition) is 2. The molecule has 3 heteroatoms. The normalized spacial score (nSPS) is 45.0. The highest BCUT2D eigenvalue weighted by molar-refractivity contribution is 4.90. The van der Waals surface area contributed by atoms with Crippen LogP contribution in [0.15, 0.2) is 0 Å². The maximum atomic E-state index is 5.67. The predicted octanol–water partition coefficient (Wildman–Crippen LogP) is -0.0681. The van der Waals surface area contributed by atoms with Gasteiger partial charge in [0.15, 0.2) is 0 Å². The molecule has 0 bridgehead atoms. The summed E-state index contributed by atoms with van der Waals surface area (Å²) in [4.78, 5) is 0. The van der Waals surface area contributed by atoms with Crippen LogP contribution in [0.1, 0.15) is 13.3 Å². The first-order valence-corrected chi connectivity index (χ1v) is 4.41. The summed E-state index contributed by atoms with van der Waals surface area (Å²) in [7, 11) is 0. The Morgan fingerprint density at radius 2 is 2.36 bits per heavy atom. The van der Waals surface area contributed by atoms with Crippen LogP contribution in [-0.2, 0) is 4.74 Å². The van der Waals surface area contributed by atoms with E-state index in [0.29, 0.717) is 5.92 Å². The van der Waals surface area contributed by atoms with Crippen LogP contribution in [-0.4, -0.2) is 32.0 Å². The number of hydrogen-bond acceptors (Lipinski definition) is 3. The first kappa shape index (κ1) is 7.53. The molecule has 64 valence electrons. The van der Waals surface area contributed by atoms with Crippen molar-refractivity contribution in [2.75, 3.05) is 26.2 Å². The van der Waals surface area contributed by atoms with Gasteiger partial charge in [0.2, 0.25) is 0 Å². The van der Waals surface area contributed by atoms with Gasteiger partial charge >= 0.3 is 0 Å². The van der Waals surface area contributed by atoms with E-state index in [1.165, 1.54) is 6.42 Å². The van der Waals surface area contributed by atoms with E-state index in [4.69, 9.17) is 4.74 Å². The van der Waals surface area contributed by atoms with E-state index in [2.05, 4.69) is 17.6 Å². The number of ether oxygens (including phenoxy) is 1. The van der Waals surface area contributed by atoms with Crippen LogP contribution in [0.5, 0.6) is 0 Å². The molecule has 2 aliphatic rings. The standard InChI is InChI=1S/C8H16N2O/c1-8(10-4-5-11-8)7-2-3-9-6-7/h7,9-10H,2-6H2,1H3. The minimum Gasteiger partial charge on any atom is -0.359 e. The van der Waals surface area contributed by atoms with Crippen LogP contribution in [0.25, 0.3) is 0 Å². The highest BCUT2D eigenvalue weighted by Crippen LogP contribution is 2.26. The third kappa shape index (κ3) is 1.28. The van der Waals surface area contributed by atoms with Gasteiger partial charge in [0.05, 0.1) is 6.61 Å². The molecular weight excluding hydrogens is 140 g/mol.